The van der Waals surface area contributed by atoms with Crippen LogP contribution < -0.4 is 5.32 Å². The monoisotopic (exact) mass is 299 g/mol. The summed E-state index contributed by atoms with van der Waals surface area (Å²) in [5.41, 5.74) is 0.0739. The van der Waals surface area contributed by atoms with E-state index in [0.29, 0.717) is 12.4 Å². The second-order valence-corrected chi connectivity index (χ2v) is 6.15. The number of hydrogen-bond donors (Lipinski definition) is 1. The van der Waals surface area contributed by atoms with Crippen LogP contribution in [-0.2, 0) is 0 Å². The van der Waals surface area contributed by atoms with Crippen molar-refractivity contribution in [3.8, 4) is 0 Å². The number of aromatic nitrogens is 1. The molecule has 112 valence electrons. The van der Waals surface area contributed by atoms with Crippen molar-refractivity contribution in [3.05, 3.63) is 27.4 Å². The number of nitrogens with zero attached hydrogens (tertiary/aromatic N) is 2. The minimum Gasteiger partial charge on any atom is -0.369 e. The Hall–Kier alpha value is -1.36. The first-order valence-corrected chi connectivity index (χ1v) is 7.28. The van der Waals surface area contributed by atoms with Gasteiger partial charge in [-0.1, -0.05) is 51.6 Å². The van der Waals surface area contributed by atoms with Gasteiger partial charge in [0.15, 0.2) is 0 Å². The fourth-order valence-electron chi connectivity index (χ4n) is 1.95. The van der Waals surface area contributed by atoms with E-state index >= 15 is 0 Å². The molecule has 1 N–H and O–H groups in total. The van der Waals surface area contributed by atoms with Gasteiger partial charge in [-0.2, -0.15) is 0 Å². The van der Waals surface area contributed by atoms with Crippen molar-refractivity contribution < 1.29 is 4.92 Å². The molecule has 0 aliphatic rings. The van der Waals surface area contributed by atoms with Crippen molar-refractivity contribution in [2.75, 3.05) is 11.9 Å². The second kappa shape index (κ2) is 7.43. The number of rotatable bonds is 8. The lowest BCUT2D eigenvalue weighted by Gasteiger charge is -2.25. The minimum absolute atomic E-state index is 0.0451. The van der Waals surface area contributed by atoms with Gasteiger partial charge in [-0.25, -0.2) is 4.98 Å². The van der Waals surface area contributed by atoms with Crippen molar-refractivity contribution in [2.45, 2.75) is 46.5 Å². The third-order valence-electron chi connectivity index (χ3n) is 3.19. The predicted octanol–water partition coefficient (Wildman–Crippen LogP) is 4.66. The number of nitrogens with one attached hydrogen (secondary N) is 1. The maximum Gasteiger partial charge on any atom is 0.276 e. The van der Waals surface area contributed by atoms with Crippen molar-refractivity contribution in [2.24, 2.45) is 5.41 Å². The number of anilines is 1. The number of hydrogen-bond acceptors (Lipinski definition) is 4. The minimum atomic E-state index is -0.467. The Kier molecular flexibility index (Phi) is 6.20. The van der Waals surface area contributed by atoms with Crippen LogP contribution in [0.4, 0.5) is 11.5 Å². The standard InChI is InChI=1S/C14H22ClN3O2/c1-4-5-6-7-14(2,3)10-16-13-9-11(18(19)20)8-12(15)17-13/h8-9H,4-7,10H2,1-3H3,(H,16,17). The molecule has 5 nitrogen and oxygen atoms in total. The molecule has 1 aromatic rings. The van der Waals surface area contributed by atoms with Crippen LogP contribution in [-0.4, -0.2) is 16.5 Å². The van der Waals surface area contributed by atoms with Crippen molar-refractivity contribution in [1.29, 1.82) is 0 Å². The van der Waals surface area contributed by atoms with Crippen LogP contribution in [0.5, 0.6) is 0 Å². The Morgan fingerprint density at radius 2 is 2.10 bits per heavy atom. The highest BCUT2D eigenvalue weighted by atomic mass is 35.5. The highest BCUT2D eigenvalue weighted by molar-refractivity contribution is 6.29. The molecule has 0 atom stereocenters. The fraction of sp³-hybridized carbons (Fsp3) is 0.643. The van der Waals surface area contributed by atoms with Gasteiger partial charge in [0.2, 0.25) is 0 Å². The maximum atomic E-state index is 10.8. The normalized spacial score (nSPS) is 11.4. The first-order chi connectivity index (χ1) is 9.34. The van der Waals surface area contributed by atoms with Gasteiger partial charge in [0.05, 0.1) is 17.1 Å². The summed E-state index contributed by atoms with van der Waals surface area (Å²) in [4.78, 5) is 14.4. The first-order valence-electron chi connectivity index (χ1n) is 6.90. The Bertz CT molecular complexity index is 464. The number of nitro groups is 1. The van der Waals surface area contributed by atoms with Crippen LogP contribution in [0.15, 0.2) is 12.1 Å². The summed E-state index contributed by atoms with van der Waals surface area (Å²) in [5, 5.41) is 14.1. The Balaban J connectivity index is 2.62. The van der Waals surface area contributed by atoms with E-state index < -0.39 is 4.92 Å². The zero-order chi connectivity index (χ0) is 15.2. The molecule has 0 aliphatic carbocycles. The van der Waals surface area contributed by atoms with Gasteiger partial charge in [0.25, 0.3) is 5.69 Å². The summed E-state index contributed by atoms with van der Waals surface area (Å²) in [7, 11) is 0. The molecular weight excluding hydrogens is 278 g/mol. The van der Waals surface area contributed by atoms with E-state index in [9.17, 15) is 10.1 Å². The molecule has 1 rings (SSSR count). The average Bonchev–Trinajstić information content (AvgIpc) is 2.36. The van der Waals surface area contributed by atoms with E-state index in [2.05, 4.69) is 31.1 Å². The zero-order valence-corrected chi connectivity index (χ0v) is 13.0. The predicted molar refractivity (Wildman–Crippen MR) is 82.3 cm³/mol. The third kappa shape index (κ3) is 5.74. The highest BCUT2D eigenvalue weighted by Gasteiger charge is 2.18. The molecule has 0 radical (unpaired) electrons. The van der Waals surface area contributed by atoms with Gasteiger partial charge in [0.1, 0.15) is 11.0 Å². The third-order valence-corrected chi connectivity index (χ3v) is 3.39. The summed E-state index contributed by atoms with van der Waals surface area (Å²) in [5.74, 6) is 0.452. The number of unbranched alkanes of at least 4 members (excludes halogenated alkanes) is 2. The quantitative estimate of drug-likeness (QED) is 0.328. The molecule has 6 heteroatoms. The molecule has 1 aromatic heterocycles. The Morgan fingerprint density at radius 3 is 2.70 bits per heavy atom. The van der Waals surface area contributed by atoms with Crippen LogP contribution in [0, 0.1) is 15.5 Å². The molecule has 0 spiro atoms. The van der Waals surface area contributed by atoms with Crippen molar-refractivity contribution in [3.63, 3.8) is 0 Å². The summed E-state index contributed by atoms with van der Waals surface area (Å²) < 4.78 is 0. The molecule has 0 saturated carbocycles. The largest absolute Gasteiger partial charge is 0.369 e. The molecule has 0 aliphatic heterocycles. The number of pyridine rings is 1. The summed E-state index contributed by atoms with van der Waals surface area (Å²) >= 11 is 5.79. The van der Waals surface area contributed by atoms with Gasteiger partial charge < -0.3 is 5.32 Å². The van der Waals surface area contributed by atoms with E-state index in [1.54, 1.807) is 0 Å². The lowest BCUT2D eigenvalue weighted by atomic mass is 9.87. The van der Waals surface area contributed by atoms with Gasteiger partial charge >= 0.3 is 0 Å². The van der Waals surface area contributed by atoms with Crippen LogP contribution in [0.25, 0.3) is 0 Å². The molecule has 0 unspecified atom stereocenters. The van der Waals surface area contributed by atoms with E-state index in [1.165, 1.54) is 31.4 Å². The van der Waals surface area contributed by atoms with E-state index in [1.807, 2.05) is 0 Å². The smallest absolute Gasteiger partial charge is 0.276 e. The van der Waals surface area contributed by atoms with Gasteiger partial charge in [0, 0.05) is 6.54 Å². The maximum absolute atomic E-state index is 10.8. The molecular formula is C14H22ClN3O2. The van der Waals surface area contributed by atoms with Crippen molar-refractivity contribution >= 4 is 23.1 Å². The topological polar surface area (TPSA) is 68.1 Å². The van der Waals surface area contributed by atoms with Crippen LogP contribution in [0.3, 0.4) is 0 Å². The molecule has 0 bridgehead atoms. The lowest BCUT2D eigenvalue weighted by molar-refractivity contribution is -0.384. The van der Waals surface area contributed by atoms with Gasteiger partial charge in [-0.05, 0) is 11.8 Å². The summed E-state index contributed by atoms with van der Waals surface area (Å²) in [6.07, 6.45) is 4.72. The Morgan fingerprint density at radius 1 is 1.40 bits per heavy atom. The van der Waals surface area contributed by atoms with E-state index in [4.69, 9.17) is 11.6 Å². The van der Waals surface area contributed by atoms with Crippen LogP contribution in [0.1, 0.15) is 46.5 Å². The molecule has 1 heterocycles. The molecule has 0 fully saturated rings. The van der Waals surface area contributed by atoms with E-state index in [0.717, 1.165) is 6.42 Å². The van der Waals surface area contributed by atoms with Crippen molar-refractivity contribution in [1.82, 2.24) is 4.98 Å². The molecule has 20 heavy (non-hydrogen) atoms. The van der Waals surface area contributed by atoms with Crippen LogP contribution in [0.2, 0.25) is 5.15 Å². The summed E-state index contributed by atoms with van der Waals surface area (Å²) in [6.45, 7) is 7.24. The second-order valence-electron chi connectivity index (χ2n) is 5.77. The molecule has 0 saturated heterocycles. The lowest BCUT2D eigenvalue weighted by Crippen LogP contribution is -2.23. The fourth-order valence-corrected chi connectivity index (χ4v) is 2.15. The van der Waals surface area contributed by atoms with Gasteiger partial charge in [-0.15, -0.1) is 0 Å². The summed E-state index contributed by atoms with van der Waals surface area (Å²) in [6, 6.07) is 2.66. The SMILES string of the molecule is CCCCCC(C)(C)CNc1cc([N+](=O)[O-])cc(Cl)n1. The van der Waals surface area contributed by atoms with Gasteiger partial charge in [-0.3, -0.25) is 10.1 Å². The number of halogens is 1. The molecule has 0 aromatic carbocycles. The first kappa shape index (κ1) is 16.7. The zero-order valence-electron chi connectivity index (χ0n) is 12.3. The Labute approximate surface area is 124 Å². The van der Waals surface area contributed by atoms with Crippen LogP contribution >= 0.6 is 11.6 Å². The molecule has 0 amide bonds. The average molecular weight is 300 g/mol. The van der Waals surface area contributed by atoms with E-state index in [-0.39, 0.29) is 16.3 Å². The highest BCUT2D eigenvalue weighted by Crippen LogP contribution is 2.26.